The summed E-state index contributed by atoms with van der Waals surface area (Å²) in [5, 5.41) is 4.79. The molecule has 4 aromatic rings. The average molecular weight is 586 g/mol. The molecule has 2 aromatic carbocycles. The van der Waals surface area contributed by atoms with Crippen LogP contribution in [0.3, 0.4) is 0 Å². The van der Waals surface area contributed by atoms with E-state index in [1.54, 1.807) is 11.3 Å². The number of hydrogen-bond donors (Lipinski definition) is 1. The second kappa shape index (κ2) is 10.5. The van der Waals surface area contributed by atoms with Crippen molar-refractivity contribution in [2.24, 2.45) is 0 Å². The van der Waals surface area contributed by atoms with Crippen LogP contribution in [0, 0.1) is 0 Å². The molecule has 1 N–H and O–H groups in total. The van der Waals surface area contributed by atoms with Crippen molar-refractivity contribution in [3.63, 3.8) is 0 Å². The highest BCUT2D eigenvalue weighted by Crippen LogP contribution is 2.46. The van der Waals surface area contributed by atoms with Gasteiger partial charge in [-0.2, -0.15) is 18.2 Å². The molecule has 0 saturated carbocycles. The number of fused-ring (bicyclic) bond motifs is 2. The number of nitrogens with one attached hydrogen (secondary N) is 1. The van der Waals surface area contributed by atoms with Gasteiger partial charge in [0.1, 0.15) is 16.7 Å². The molecular formula is C29H23ClF3N3O3S. The number of carbonyl (C=O) groups excluding carboxylic acids is 1. The number of benzene rings is 2. The molecule has 0 amide bonds. The Hall–Kier alpha value is -3.47. The molecule has 2 aromatic heterocycles. The van der Waals surface area contributed by atoms with Crippen LogP contribution in [0.4, 0.5) is 13.2 Å². The standard InChI is InChI=1S/C29H23ClF3N3O3S/c1-38-26-15(14-37)12-21(29(31,32)33)27(36-26)39-23-9-8-17-16(4-2-5-18(17)23)19-6-3-7-20(25(19)30)28-35-22-13-34-11-10-24(22)40-28/h2-7,12,14,23,34H,8-11,13H2,1H3. The van der Waals surface area contributed by atoms with Gasteiger partial charge in [0.25, 0.3) is 0 Å². The first-order valence-electron chi connectivity index (χ1n) is 12.7. The van der Waals surface area contributed by atoms with E-state index in [0.29, 0.717) is 23.9 Å². The van der Waals surface area contributed by atoms with Crippen molar-refractivity contribution in [2.45, 2.75) is 38.1 Å². The third-order valence-electron chi connectivity index (χ3n) is 7.19. The fraction of sp³-hybridized carbons (Fsp3) is 0.276. The largest absolute Gasteiger partial charge is 0.480 e. The molecule has 1 aliphatic carbocycles. The summed E-state index contributed by atoms with van der Waals surface area (Å²) in [5.41, 5.74) is 3.93. The van der Waals surface area contributed by atoms with E-state index in [2.05, 4.69) is 10.3 Å². The molecule has 1 unspecified atom stereocenters. The number of rotatable bonds is 6. The Kier molecular flexibility index (Phi) is 7.02. The van der Waals surface area contributed by atoms with Crippen LogP contribution in [0.25, 0.3) is 21.7 Å². The molecule has 0 radical (unpaired) electrons. The van der Waals surface area contributed by atoms with Crippen LogP contribution in [0.5, 0.6) is 11.8 Å². The molecule has 1 atom stereocenters. The summed E-state index contributed by atoms with van der Waals surface area (Å²) in [6.07, 6.45) is -3.19. The fourth-order valence-corrected chi connectivity index (χ4v) is 6.79. The monoisotopic (exact) mass is 585 g/mol. The first kappa shape index (κ1) is 26.7. The maximum Gasteiger partial charge on any atom is 0.421 e. The Balaban J connectivity index is 1.37. The van der Waals surface area contributed by atoms with E-state index in [9.17, 15) is 18.0 Å². The summed E-state index contributed by atoms with van der Waals surface area (Å²) >= 11 is 8.64. The number of pyridine rings is 1. The molecule has 2 aliphatic rings. The number of halogens is 4. The summed E-state index contributed by atoms with van der Waals surface area (Å²) in [5.74, 6) is -0.853. The van der Waals surface area contributed by atoms with Gasteiger partial charge in [-0.3, -0.25) is 4.79 Å². The molecular weight excluding hydrogens is 563 g/mol. The number of carbonyl (C=O) groups is 1. The van der Waals surface area contributed by atoms with Gasteiger partial charge in [-0.1, -0.05) is 48.0 Å². The van der Waals surface area contributed by atoms with Gasteiger partial charge in [0.15, 0.2) is 6.29 Å². The predicted octanol–water partition coefficient (Wildman–Crippen LogP) is 7.08. The first-order chi connectivity index (χ1) is 19.3. The van der Waals surface area contributed by atoms with E-state index < -0.39 is 23.7 Å². The number of hydrogen-bond acceptors (Lipinski definition) is 7. The minimum absolute atomic E-state index is 0.229. The number of nitrogens with zero attached hydrogens (tertiary/aromatic N) is 2. The van der Waals surface area contributed by atoms with Crippen LogP contribution in [-0.2, 0) is 25.6 Å². The predicted molar refractivity (Wildman–Crippen MR) is 146 cm³/mol. The molecule has 0 spiro atoms. The summed E-state index contributed by atoms with van der Waals surface area (Å²) < 4.78 is 52.5. The van der Waals surface area contributed by atoms with Crippen molar-refractivity contribution in [1.82, 2.24) is 15.3 Å². The molecule has 40 heavy (non-hydrogen) atoms. The van der Waals surface area contributed by atoms with Gasteiger partial charge in [-0.05, 0) is 42.0 Å². The highest BCUT2D eigenvalue weighted by Gasteiger charge is 2.38. The van der Waals surface area contributed by atoms with Gasteiger partial charge in [-0.15, -0.1) is 11.3 Å². The summed E-state index contributed by atoms with van der Waals surface area (Å²) in [7, 11) is 1.24. The summed E-state index contributed by atoms with van der Waals surface area (Å²) in [6.45, 7) is 1.67. The molecule has 6 rings (SSSR count). The molecule has 0 bridgehead atoms. The normalized spacial score (nSPS) is 16.4. The second-order valence-corrected chi connectivity index (χ2v) is 11.0. The van der Waals surface area contributed by atoms with E-state index >= 15 is 0 Å². The van der Waals surface area contributed by atoms with Gasteiger partial charge in [0.2, 0.25) is 11.8 Å². The molecule has 3 heterocycles. The zero-order chi connectivity index (χ0) is 28.0. The second-order valence-electron chi connectivity index (χ2n) is 9.56. The quantitative estimate of drug-likeness (QED) is 0.244. The Morgan fingerprint density at radius 1 is 1.07 bits per heavy atom. The van der Waals surface area contributed by atoms with Crippen molar-refractivity contribution in [3.05, 3.63) is 80.3 Å². The number of alkyl halides is 3. The van der Waals surface area contributed by atoms with Crippen LogP contribution in [0.1, 0.15) is 50.1 Å². The molecule has 0 saturated heterocycles. The first-order valence-corrected chi connectivity index (χ1v) is 13.9. The number of aromatic nitrogens is 2. The average Bonchev–Trinajstić information content (AvgIpc) is 3.56. The third kappa shape index (κ3) is 4.74. The number of methoxy groups -OCH3 is 1. The van der Waals surface area contributed by atoms with Crippen LogP contribution in [0.2, 0.25) is 5.02 Å². The summed E-state index contributed by atoms with van der Waals surface area (Å²) in [4.78, 5) is 21.3. The lowest BCUT2D eigenvalue weighted by molar-refractivity contribution is -0.139. The molecule has 6 nitrogen and oxygen atoms in total. The molecule has 206 valence electrons. The zero-order valence-electron chi connectivity index (χ0n) is 21.3. The Morgan fingerprint density at radius 2 is 1.85 bits per heavy atom. The fourth-order valence-electron chi connectivity index (χ4n) is 5.31. The highest BCUT2D eigenvalue weighted by atomic mass is 35.5. The van der Waals surface area contributed by atoms with E-state index in [4.69, 9.17) is 26.1 Å². The Bertz CT molecular complexity index is 1600. The zero-order valence-corrected chi connectivity index (χ0v) is 22.8. The minimum Gasteiger partial charge on any atom is -0.480 e. The lowest BCUT2D eigenvalue weighted by Gasteiger charge is -2.20. The topological polar surface area (TPSA) is 73.3 Å². The van der Waals surface area contributed by atoms with Gasteiger partial charge in [-0.25, -0.2) is 4.98 Å². The van der Waals surface area contributed by atoms with Gasteiger partial charge in [0.05, 0.1) is 23.4 Å². The Morgan fingerprint density at radius 3 is 2.60 bits per heavy atom. The molecule has 11 heteroatoms. The molecule has 0 fully saturated rings. The van der Waals surface area contributed by atoms with E-state index in [0.717, 1.165) is 58.0 Å². The molecule has 1 aliphatic heterocycles. The van der Waals surface area contributed by atoms with Crippen molar-refractivity contribution >= 4 is 29.2 Å². The van der Waals surface area contributed by atoms with Crippen LogP contribution in [0.15, 0.2) is 42.5 Å². The van der Waals surface area contributed by atoms with Crippen LogP contribution in [-0.4, -0.2) is 29.9 Å². The Labute approximate surface area is 237 Å². The van der Waals surface area contributed by atoms with Crippen molar-refractivity contribution in [3.8, 4) is 33.5 Å². The van der Waals surface area contributed by atoms with E-state index in [1.165, 1.54) is 12.0 Å². The number of ether oxygens (including phenoxy) is 2. The third-order valence-corrected chi connectivity index (χ3v) is 8.79. The van der Waals surface area contributed by atoms with Gasteiger partial charge >= 0.3 is 6.18 Å². The maximum atomic E-state index is 13.9. The number of thiazole rings is 1. The highest BCUT2D eigenvalue weighted by molar-refractivity contribution is 7.15. The minimum atomic E-state index is -4.77. The van der Waals surface area contributed by atoms with Crippen molar-refractivity contribution < 1.29 is 27.4 Å². The van der Waals surface area contributed by atoms with Crippen molar-refractivity contribution in [2.75, 3.05) is 13.7 Å². The smallest absolute Gasteiger partial charge is 0.421 e. The van der Waals surface area contributed by atoms with Gasteiger partial charge in [0, 0.05) is 29.1 Å². The number of aldehydes is 1. The summed E-state index contributed by atoms with van der Waals surface area (Å²) in [6, 6.07) is 12.2. The van der Waals surface area contributed by atoms with Crippen LogP contribution < -0.4 is 14.8 Å². The van der Waals surface area contributed by atoms with Gasteiger partial charge < -0.3 is 14.8 Å². The van der Waals surface area contributed by atoms with Crippen molar-refractivity contribution in [1.29, 1.82) is 0 Å². The SMILES string of the molecule is COc1nc(OC2CCc3c(-c4cccc(-c5nc6c(s5)CCNC6)c4Cl)cccc32)c(C(F)(F)F)cc1C=O. The van der Waals surface area contributed by atoms with E-state index in [1.807, 2.05) is 36.4 Å². The van der Waals surface area contributed by atoms with E-state index in [-0.39, 0.29) is 17.7 Å². The van der Waals surface area contributed by atoms with Crippen LogP contribution >= 0.6 is 22.9 Å². The maximum absolute atomic E-state index is 13.9. The lowest BCUT2D eigenvalue weighted by atomic mass is 9.95. The lowest BCUT2D eigenvalue weighted by Crippen LogP contribution is -2.22.